The van der Waals surface area contributed by atoms with Gasteiger partial charge in [0.2, 0.25) is 5.91 Å². The van der Waals surface area contributed by atoms with E-state index in [-0.39, 0.29) is 23.8 Å². The zero-order valence-corrected chi connectivity index (χ0v) is 18.0. The Bertz CT molecular complexity index is 1350. The Morgan fingerprint density at radius 3 is 2.81 bits per heavy atom. The minimum Gasteiger partial charge on any atom is -0.345 e. The number of nitrogens with one attached hydrogen (secondary N) is 1. The first kappa shape index (κ1) is 19.9. The van der Waals surface area contributed by atoms with Gasteiger partial charge in [-0.3, -0.25) is 14.0 Å². The summed E-state index contributed by atoms with van der Waals surface area (Å²) in [5.41, 5.74) is 0.414. The molecule has 6 nitrogen and oxygen atoms in total. The van der Waals surface area contributed by atoms with Crippen molar-refractivity contribution in [1.82, 2.24) is 19.5 Å². The molecule has 1 amide bonds. The number of halogens is 1. The number of hydrogen-bond donors (Lipinski definition) is 1. The molecule has 4 aromatic rings. The molecule has 5 rings (SSSR count). The topological polar surface area (TPSA) is 68.4 Å². The second kappa shape index (κ2) is 7.60. The smallest absolute Gasteiger partial charge is 0.291 e. The SMILES string of the molecule is CCc1nn(CC(=O)NC2(c3cccc(F)c3)CCCC2)c(=O)c2cc3ccsc3n12. The van der Waals surface area contributed by atoms with Gasteiger partial charge in [-0.2, -0.15) is 5.10 Å². The van der Waals surface area contributed by atoms with Crippen LogP contribution in [0.3, 0.4) is 0 Å². The molecular formula is C23H23FN4O2S. The molecule has 0 radical (unpaired) electrons. The molecule has 0 unspecified atom stereocenters. The van der Waals surface area contributed by atoms with Crippen molar-refractivity contribution in [2.75, 3.05) is 0 Å². The molecule has 0 aliphatic heterocycles. The molecule has 1 fully saturated rings. The van der Waals surface area contributed by atoms with Crippen LogP contribution in [0.15, 0.2) is 46.6 Å². The summed E-state index contributed by atoms with van der Waals surface area (Å²) in [6, 6.07) is 10.3. The summed E-state index contributed by atoms with van der Waals surface area (Å²) >= 11 is 1.57. The molecule has 1 aliphatic carbocycles. The van der Waals surface area contributed by atoms with E-state index in [0.717, 1.165) is 47.3 Å². The summed E-state index contributed by atoms with van der Waals surface area (Å²) in [5, 5.41) is 10.6. The van der Waals surface area contributed by atoms with Gasteiger partial charge in [0.25, 0.3) is 5.56 Å². The highest BCUT2D eigenvalue weighted by Crippen LogP contribution is 2.39. The second-order valence-electron chi connectivity index (χ2n) is 8.13. The van der Waals surface area contributed by atoms with E-state index in [4.69, 9.17) is 0 Å². The van der Waals surface area contributed by atoms with E-state index >= 15 is 0 Å². The molecule has 1 aliphatic rings. The number of carbonyl (C=O) groups excluding carboxylic acids is 1. The Hall–Kier alpha value is -3.00. The lowest BCUT2D eigenvalue weighted by Gasteiger charge is -2.31. The van der Waals surface area contributed by atoms with Crippen molar-refractivity contribution in [2.45, 2.75) is 51.1 Å². The van der Waals surface area contributed by atoms with Crippen molar-refractivity contribution in [2.24, 2.45) is 0 Å². The third-order valence-electron chi connectivity index (χ3n) is 6.18. The van der Waals surface area contributed by atoms with Crippen molar-refractivity contribution in [3.8, 4) is 0 Å². The van der Waals surface area contributed by atoms with Crippen LogP contribution in [0.5, 0.6) is 0 Å². The summed E-state index contributed by atoms with van der Waals surface area (Å²) in [6.45, 7) is 1.81. The van der Waals surface area contributed by atoms with Gasteiger partial charge in [0.05, 0.1) is 5.54 Å². The zero-order valence-electron chi connectivity index (χ0n) is 17.2. The van der Waals surface area contributed by atoms with Gasteiger partial charge in [0, 0.05) is 11.8 Å². The number of aromatic nitrogens is 3. The third kappa shape index (κ3) is 3.35. The lowest BCUT2D eigenvalue weighted by molar-refractivity contribution is -0.124. The van der Waals surface area contributed by atoms with Gasteiger partial charge >= 0.3 is 0 Å². The molecule has 3 heterocycles. The maximum atomic E-state index is 13.9. The van der Waals surface area contributed by atoms with Crippen LogP contribution in [0, 0.1) is 5.82 Å². The van der Waals surface area contributed by atoms with Gasteiger partial charge in [0.1, 0.15) is 28.5 Å². The second-order valence-corrected chi connectivity index (χ2v) is 9.02. The van der Waals surface area contributed by atoms with Gasteiger partial charge in [0.15, 0.2) is 0 Å². The van der Waals surface area contributed by atoms with Crippen LogP contribution in [-0.2, 0) is 23.3 Å². The number of aryl methyl sites for hydroxylation is 1. The van der Waals surface area contributed by atoms with E-state index < -0.39 is 5.54 Å². The Kier molecular flexibility index (Phi) is 4.89. The standard InChI is InChI=1S/C23H23FN4O2S/c1-2-19-26-27(21(30)18-12-15-8-11-31-22(15)28(18)19)14-20(29)25-23(9-3-4-10-23)16-6-5-7-17(24)13-16/h5-8,11-13H,2-4,9-10,14H2,1H3,(H,25,29). The maximum absolute atomic E-state index is 13.9. The molecular weight excluding hydrogens is 415 g/mol. The first-order valence-corrected chi connectivity index (χ1v) is 11.4. The van der Waals surface area contributed by atoms with Gasteiger partial charge in [-0.25, -0.2) is 9.07 Å². The Morgan fingerprint density at radius 2 is 2.06 bits per heavy atom. The fourth-order valence-corrected chi connectivity index (χ4v) is 5.64. The average molecular weight is 439 g/mol. The van der Waals surface area contributed by atoms with E-state index in [1.165, 1.54) is 16.8 Å². The van der Waals surface area contributed by atoms with Crippen LogP contribution in [0.1, 0.15) is 44.0 Å². The van der Waals surface area contributed by atoms with E-state index in [9.17, 15) is 14.0 Å². The van der Waals surface area contributed by atoms with Crippen molar-refractivity contribution >= 4 is 33.0 Å². The fourth-order valence-electron chi connectivity index (χ4n) is 4.73. The molecule has 0 atom stereocenters. The monoisotopic (exact) mass is 438 g/mol. The molecule has 0 bridgehead atoms. The Morgan fingerprint density at radius 1 is 1.26 bits per heavy atom. The van der Waals surface area contributed by atoms with E-state index in [0.29, 0.717) is 11.9 Å². The van der Waals surface area contributed by atoms with Crippen molar-refractivity contribution in [1.29, 1.82) is 0 Å². The number of thiophene rings is 1. The quantitative estimate of drug-likeness (QED) is 0.512. The highest BCUT2D eigenvalue weighted by Gasteiger charge is 2.37. The van der Waals surface area contributed by atoms with Crippen LogP contribution in [0.2, 0.25) is 0 Å². The summed E-state index contributed by atoms with van der Waals surface area (Å²) in [4.78, 5) is 27.1. The maximum Gasteiger partial charge on any atom is 0.291 e. The fraction of sp³-hybridized carbons (Fsp3) is 0.348. The molecule has 1 N–H and O–H groups in total. The number of nitrogens with zero attached hydrogens (tertiary/aromatic N) is 3. The van der Waals surface area contributed by atoms with Crippen molar-refractivity contribution < 1.29 is 9.18 Å². The van der Waals surface area contributed by atoms with Gasteiger partial charge in [-0.15, -0.1) is 11.3 Å². The highest BCUT2D eigenvalue weighted by molar-refractivity contribution is 7.16. The first-order valence-electron chi connectivity index (χ1n) is 10.6. The van der Waals surface area contributed by atoms with Crippen molar-refractivity contribution in [3.63, 3.8) is 0 Å². The molecule has 0 saturated heterocycles. The van der Waals surface area contributed by atoms with Crippen LogP contribution in [0.4, 0.5) is 4.39 Å². The molecule has 0 spiro atoms. The summed E-state index contributed by atoms with van der Waals surface area (Å²) in [6.07, 6.45) is 4.05. The van der Waals surface area contributed by atoms with Crippen molar-refractivity contribution in [3.05, 3.63) is 69.3 Å². The van der Waals surface area contributed by atoms with Gasteiger partial charge < -0.3 is 5.32 Å². The summed E-state index contributed by atoms with van der Waals surface area (Å²) in [5.74, 6) is 0.128. The van der Waals surface area contributed by atoms with Crippen LogP contribution in [-0.4, -0.2) is 20.1 Å². The minimum absolute atomic E-state index is 0.168. The Labute approximate surface area is 182 Å². The average Bonchev–Trinajstić information content (AvgIpc) is 3.47. The highest BCUT2D eigenvalue weighted by atomic mass is 32.1. The van der Waals surface area contributed by atoms with Crippen LogP contribution >= 0.6 is 11.3 Å². The molecule has 1 saturated carbocycles. The normalized spacial score (nSPS) is 15.7. The van der Waals surface area contributed by atoms with Crippen LogP contribution in [0.25, 0.3) is 15.7 Å². The lowest BCUT2D eigenvalue weighted by Crippen LogP contribution is -2.46. The summed E-state index contributed by atoms with van der Waals surface area (Å²) < 4.78 is 17.0. The van der Waals surface area contributed by atoms with Gasteiger partial charge in [-0.05, 0) is 48.1 Å². The number of benzene rings is 1. The van der Waals surface area contributed by atoms with E-state index in [1.807, 2.05) is 34.9 Å². The number of amides is 1. The summed E-state index contributed by atoms with van der Waals surface area (Å²) in [7, 11) is 0. The third-order valence-corrected chi connectivity index (χ3v) is 7.09. The van der Waals surface area contributed by atoms with E-state index in [2.05, 4.69) is 10.4 Å². The van der Waals surface area contributed by atoms with E-state index in [1.54, 1.807) is 17.4 Å². The number of fused-ring (bicyclic) bond motifs is 3. The minimum atomic E-state index is -0.599. The number of hydrogen-bond acceptors (Lipinski definition) is 4. The first-order chi connectivity index (χ1) is 15.0. The molecule has 31 heavy (non-hydrogen) atoms. The molecule has 160 valence electrons. The van der Waals surface area contributed by atoms with Gasteiger partial charge in [-0.1, -0.05) is 31.9 Å². The number of rotatable bonds is 5. The predicted octanol–water partition coefficient (Wildman–Crippen LogP) is 4.00. The Balaban J connectivity index is 1.48. The van der Waals surface area contributed by atoms with Crippen LogP contribution < -0.4 is 10.9 Å². The molecule has 3 aromatic heterocycles. The molecule has 1 aromatic carbocycles. The largest absolute Gasteiger partial charge is 0.345 e. The predicted molar refractivity (Wildman–Crippen MR) is 119 cm³/mol. The zero-order chi connectivity index (χ0) is 21.6. The molecule has 8 heteroatoms. The lowest BCUT2D eigenvalue weighted by atomic mass is 9.88. The number of carbonyl (C=O) groups is 1.